The molecule has 0 amide bonds. The molecule has 0 fully saturated rings. The third kappa shape index (κ3) is 2.08. The Labute approximate surface area is 99.0 Å². The third-order valence-corrected chi connectivity index (χ3v) is 2.59. The van der Waals surface area contributed by atoms with Crippen LogP contribution in [-0.4, -0.2) is 9.66 Å². The van der Waals surface area contributed by atoms with Gasteiger partial charge in [0.05, 0.1) is 0 Å². The summed E-state index contributed by atoms with van der Waals surface area (Å²) in [6.45, 7) is 2.03. The highest BCUT2D eigenvalue weighted by atomic mass is 19.1. The highest BCUT2D eigenvalue weighted by Crippen LogP contribution is 2.25. The molecule has 4 nitrogen and oxygen atoms in total. The van der Waals surface area contributed by atoms with Crippen LogP contribution in [0.4, 0.5) is 10.2 Å². The summed E-state index contributed by atoms with van der Waals surface area (Å²) in [5, 5.41) is 0. The molecule has 0 radical (unpaired) electrons. The van der Waals surface area contributed by atoms with Crippen molar-refractivity contribution in [1.82, 2.24) is 9.66 Å². The Kier molecular flexibility index (Phi) is 2.99. The molecule has 90 valence electrons. The average molecular weight is 234 g/mol. The zero-order chi connectivity index (χ0) is 12.4. The Morgan fingerprint density at radius 1 is 1.41 bits per heavy atom. The first-order valence-corrected chi connectivity index (χ1v) is 5.51. The molecule has 2 rings (SSSR count). The van der Waals surface area contributed by atoms with E-state index >= 15 is 0 Å². The fourth-order valence-electron chi connectivity index (χ4n) is 1.74. The zero-order valence-corrected chi connectivity index (χ0v) is 9.65. The summed E-state index contributed by atoms with van der Waals surface area (Å²) in [6.07, 6.45) is 1.67. The third-order valence-electron chi connectivity index (χ3n) is 2.59. The molecule has 1 aromatic heterocycles. The minimum Gasteiger partial charge on any atom is -0.382 e. The molecular formula is C12H15FN4. The van der Waals surface area contributed by atoms with Crippen molar-refractivity contribution in [1.29, 1.82) is 0 Å². The molecule has 0 bridgehead atoms. The minimum absolute atomic E-state index is 0.314. The van der Waals surface area contributed by atoms with E-state index in [2.05, 4.69) is 4.98 Å². The summed E-state index contributed by atoms with van der Waals surface area (Å²) in [6, 6.07) is 6.16. The Morgan fingerprint density at radius 3 is 2.82 bits per heavy atom. The van der Waals surface area contributed by atoms with Crippen LogP contribution < -0.4 is 11.6 Å². The van der Waals surface area contributed by atoms with Crippen molar-refractivity contribution in [3.63, 3.8) is 0 Å². The van der Waals surface area contributed by atoms with Crippen LogP contribution in [0.15, 0.2) is 24.3 Å². The summed E-state index contributed by atoms with van der Waals surface area (Å²) in [5.74, 6) is 6.56. The van der Waals surface area contributed by atoms with Crippen molar-refractivity contribution in [2.45, 2.75) is 19.8 Å². The Bertz CT molecular complexity index is 533. The molecule has 5 heteroatoms. The lowest BCUT2D eigenvalue weighted by Gasteiger charge is -2.01. The van der Waals surface area contributed by atoms with Crippen LogP contribution in [0.1, 0.15) is 19.2 Å². The number of hydrogen-bond donors (Lipinski definition) is 2. The number of nitrogens with two attached hydrogens (primary N) is 2. The summed E-state index contributed by atoms with van der Waals surface area (Å²) in [5.41, 5.74) is 7.05. The number of nitrogens with zero attached hydrogens (tertiary/aromatic N) is 2. The molecule has 0 aliphatic rings. The molecule has 4 N–H and O–H groups in total. The molecule has 0 saturated carbocycles. The minimum atomic E-state index is -0.314. The van der Waals surface area contributed by atoms with Gasteiger partial charge in [-0.25, -0.2) is 14.1 Å². The fraction of sp³-hybridized carbons (Fsp3) is 0.250. The molecule has 2 aromatic rings. The summed E-state index contributed by atoms with van der Waals surface area (Å²) >= 11 is 0. The van der Waals surface area contributed by atoms with Gasteiger partial charge in [0, 0.05) is 12.0 Å². The van der Waals surface area contributed by atoms with Crippen molar-refractivity contribution in [2.24, 2.45) is 0 Å². The molecule has 0 unspecified atom stereocenters. The number of halogens is 1. The van der Waals surface area contributed by atoms with Crippen molar-refractivity contribution in [3.05, 3.63) is 35.9 Å². The van der Waals surface area contributed by atoms with E-state index < -0.39 is 0 Å². The number of hydrogen-bond acceptors (Lipinski definition) is 3. The molecule has 0 atom stereocenters. The van der Waals surface area contributed by atoms with Crippen LogP contribution in [0, 0.1) is 5.82 Å². The number of nitrogen functional groups attached to an aromatic ring is 2. The lowest BCUT2D eigenvalue weighted by Crippen LogP contribution is -2.15. The van der Waals surface area contributed by atoms with E-state index in [0.29, 0.717) is 22.9 Å². The molecule has 0 aliphatic heterocycles. The van der Waals surface area contributed by atoms with Gasteiger partial charge in [0.1, 0.15) is 17.3 Å². The lowest BCUT2D eigenvalue weighted by molar-refractivity contribution is 0.628. The number of anilines is 1. The first kappa shape index (κ1) is 11.4. The number of benzene rings is 1. The predicted molar refractivity (Wildman–Crippen MR) is 66.2 cm³/mol. The van der Waals surface area contributed by atoms with Crippen LogP contribution in [0.25, 0.3) is 11.3 Å². The van der Waals surface area contributed by atoms with E-state index in [-0.39, 0.29) is 5.82 Å². The Balaban J connectivity index is 2.49. The molecule has 1 aromatic carbocycles. The van der Waals surface area contributed by atoms with Crippen LogP contribution in [-0.2, 0) is 6.42 Å². The van der Waals surface area contributed by atoms with Gasteiger partial charge in [-0.05, 0) is 18.6 Å². The van der Waals surface area contributed by atoms with Crippen molar-refractivity contribution in [3.8, 4) is 11.3 Å². The summed E-state index contributed by atoms with van der Waals surface area (Å²) in [4.78, 5) is 4.36. The predicted octanol–water partition coefficient (Wildman–Crippen LogP) is 1.94. The maximum atomic E-state index is 13.1. The van der Waals surface area contributed by atoms with Crippen LogP contribution in [0.2, 0.25) is 0 Å². The van der Waals surface area contributed by atoms with Gasteiger partial charge >= 0.3 is 0 Å². The van der Waals surface area contributed by atoms with E-state index in [1.54, 1.807) is 12.1 Å². The second-order valence-corrected chi connectivity index (χ2v) is 3.89. The molecule has 17 heavy (non-hydrogen) atoms. The number of imidazole rings is 1. The van der Waals surface area contributed by atoms with Gasteiger partial charge < -0.3 is 11.6 Å². The van der Waals surface area contributed by atoms with Crippen molar-refractivity contribution < 1.29 is 4.39 Å². The van der Waals surface area contributed by atoms with E-state index in [4.69, 9.17) is 11.6 Å². The van der Waals surface area contributed by atoms with Gasteiger partial charge in [-0.3, -0.25) is 0 Å². The highest BCUT2D eigenvalue weighted by molar-refractivity contribution is 5.71. The molecular weight excluding hydrogens is 219 g/mol. The maximum absolute atomic E-state index is 13.1. The second kappa shape index (κ2) is 4.45. The van der Waals surface area contributed by atoms with E-state index in [1.165, 1.54) is 16.8 Å². The summed E-state index contributed by atoms with van der Waals surface area (Å²) < 4.78 is 14.5. The SMILES string of the molecule is CCCc1nc(-c2cccc(F)c2)c(N)n1N. The number of aromatic nitrogens is 2. The zero-order valence-electron chi connectivity index (χ0n) is 9.65. The molecule has 0 spiro atoms. The van der Waals surface area contributed by atoms with Gasteiger partial charge in [0.2, 0.25) is 0 Å². The van der Waals surface area contributed by atoms with Crippen LogP contribution >= 0.6 is 0 Å². The smallest absolute Gasteiger partial charge is 0.150 e. The molecule has 0 aliphatic carbocycles. The second-order valence-electron chi connectivity index (χ2n) is 3.89. The standard InChI is InChI=1S/C12H15FN4/c1-2-4-10-16-11(12(14)17(10)15)8-5-3-6-9(13)7-8/h3,5-7H,2,4,14-15H2,1H3. The van der Waals surface area contributed by atoms with Gasteiger partial charge in [-0.2, -0.15) is 0 Å². The highest BCUT2D eigenvalue weighted by Gasteiger charge is 2.14. The van der Waals surface area contributed by atoms with Crippen LogP contribution in [0.3, 0.4) is 0 Å². The maximum Gasteiger partial charge on any atom is 0.150 e. The Morgan fingerprint density at radius 2 is 2.18 bits per heavy atom. The first-order chi connectivity index (χ1) is 8.13. The van der Waals surface area contributed by atoms with E-state index in [1.807, 2.05) is 6.92 Å². The average Bonchev–Trinajstić information content (AvgIpc) is 2.58. The lowest BCUT2D eigenvalue weighted by atomic mass is 10.1. The largest absolute Gasteiger partial charge is 0.382 e. The van der Waals surface area contributed by atoms with Crippen LogP contribution in [0.5, 0.6) is 0 Å². The van der Waals surface area contributed by atoms with E-state index in [9.17, 15) is 4.39 Å². The van der Waals surface area contributed by atoms with Gasteiger partial charge in [-0.15, -0.1) is 0 Å². The van der Waals surface area contributed by atoms with Gasteiger partial charge in [-0.1, -0.05) is 19.1 Å². The monoisotopic (exact) mass is 234 g/mol. The normalized spacial score (nSPS) is 10.7. The van der Waals surface area contributed by atoms with E-state index in [0.717, 1.165) is 12.8 Å². The number of rotatable bonds is 3. The topological polar surface area (TPSA) is 69.9 Å². The van der Waals surface area contributed by atoms with Crippen molar-refractivity contribution >= 4 is 5.82 Å². The summed E-state index contributed by atoms with van der Waals surface area (Å²) in [7, 11) is 0. The fourth-order valence-corrected chi connectivity index (χ4v) is 1.74. The number of aryl methyl sites for hydroxylation is 1. The van der Waals surface area contributed by atoms with Gasteiger partial charge in [0.15, 0.2) is 5.82 Å². The molecule has 0 saturated heterocycles. The first-order valence-electron chi connectivity index (χ1n) is 5.51. The van der Waals surface area contributed by atoms with Gasteiger partial charge in [0.25, 0.3) is 0 Å². The Hall–Kier alpha value is -2.04. The molecule has 1 heterocycles. The quantitative estimate of drug-likeness (QED) is 0.797. The van der Waals surface area contributed by atoms with Crippen molar-refractivity contribution in [2.75, 3.05) is 11.6 Å².